The van der Waals surface area contributed by atoms with E-state index < -0.39 is 11.7 Å². The van der Waals surface area contributed by atoms with E-state index in [1.54, 1.807) is 41.2 Å². The van der Waals surface area contributed by atoms with Crippen LogP contribution in [-0.4, -0.2) is 19.1 Å². The molecule has 322 valence electrons. The summed E-state index contributed by atoms with van der Waals surface area (Å²) in [6, 6.07) is 65.4. The van der Waals surface area contributed by atoms with Crippen molar-refractivity contribution < 1.29 is 13.2 Å². The number of benzene rings is 8. The van der Waals surface area contributed by atoms with Gasteiger partial charge in [0.25, 0.3) is 0 Å². The topological polar surface area (TPSA) is 40.0 Å². The summed E-state index contributed by atoms with van der Waals surface area (Å²) in [5, 5.41) is 3.37. The number of nitrogens with zero attached hydrogens (tertiary/aromatic N) is 5. The van der Waals surface area contributed by atoms with E-state index in [9.17, 15) is 0 Å². The summed E-state index contributed by atoms with van der Waals surface area (Å²) < 4.78 is 52.2. The number of aromatic nitrogens is 4. The molecule has 12 rings (SSSR count). The zero-order valence-electron chi connectivity index (χ0n) is 36.2. The second kappa shape index (κ2) is 16.1. The molecule has 0 N–H and O–H groups in total. The van der Waals surface area contributed by atoms with Crippen LogP contribution in [0.25, 0.3) is 116 Å². The monoisotopic (exact) mass is 883 g/mol. The standard InChI is InChI=1S/C60H36F3N5/c1-64-43-20-12-19-40(33-43)48-36-57(68-53-26-11-9-22-47(53)50-35-42(28-30-55(50)68)45-24-14-32-66-59(45)39-17-6-3-7-18-39)51(60(61,62)63)37-56(48)67-52-25-10-8-21-46(52)49-34-41(27-29-54(49)67)44-23-13-31-65-58(44)38-15-4-2-5-16-38/h2-37H. The van der Waals surface area contributed by atoms with Gasteiger partial charge in [-0.1, -0.05) is 140 Å². The Morgan fingerprint density at radius 1 is 0.382 bits per heavy atom. The molecule has 0 aliphatic carbocycles. The molecule has 0 aliphatic heterocycles. The number of halogens is 3. The van der Waals surface area contributed by atoms with E-state index in [0.29, 0.717) is 33.5 Å². The molecular formula is C60H36F3N5. The Bertz CT molecular complexity index is 3970. The highest BCUT2D eigenvalue weighted by atomic mass is 19.4. The molecule has 8 heteroatoms. The zero-order valence-corrected chi connectivity index (χ0v) is 36.2. The van der Waals surface area contributed by atoms with Crippen LogP contribution in [-0.2, 0) is 6.18 Å². The van der Waals surface area contributed by atoms with Gasteiger partial charge in [0, 0.05) is 61.8 Å². The van der Waals surface area contributed by atoms with Gasteiger partial charge in [-0.3, -0.25) is 9.97 Å². The zero-order chi connectivity index (χ0) is 45.9. The van der Waals surface area contributed by atoms with E-state index in [2.05, 4.69) is 17.0 Å². The predicted octanol–water partition coefficient (Wildman–Crippen LogP) is 16.6. The molecule has 0 aliphatic rings. The largest absolute Gasteiger partial charge is 0.418 e. The van der Waals surface area contributed by atoms with Gasteiger partial charge in [0.1, 0.15) is 0 Å². The first-order valence-corrected chi connectivity index (χ1v) is 22.2. The van der Waals surface area contributed by atoms with E-state index in [-0.39, 0.29) is 5.69 Å². The highest BCUT2D eigenvalue weighted by Gasteiger charge is 2.37. The Balaban J connectivity index is 1.12. The molecule has 12 aromatic rings. The fourth-order valence-corrected chi connectivity index (χ4v) is 9.88. The van der Waals surface area contributed by atoms with Crippen molar-refractivity contribution in [3.63, 3.8) is 0 Å². The maximum atomic E-state index is 16.2. The summed E-state index contributed by atoms with van der Waals surface area (Å²) in [6.45, 7) is 7.93. The smallest absolute Gasteiger partial charge is 0.309 e. The maximum absolute atomic E-state index is 16.2. The summed E-state index contributed by atoms with van der Waals surface area (Å²) in [4.78, 5) is 13.3. The normalized spacial score (nSPS) is 11.7. The van der Waals surface area contributed by atoms with Crippen molar-refractivity contribution in [3.8, 4) is 67.3 Å². The molecule has 0 radical (unpaired) electrons. The van der Waals surface area contributed by atoms with Crippen LogP contribution in [0.2, 0.25) is 0 Å². The van der Waals surface area contributed by atoms with Crippen molar-refractivity contribution in [2.75, 3.05) is 0 Å². The van der Waals surface area contributed by atoms with Gasteiger partial charge in [0.15, 0.2) is 5.69 Å². The van der Waals surface area contributed by atoms with Crippen LogP contribution in [0.4, 0.5) is 18.9 Å². The van der Waals surface area contributed by atoms with E-state index in [4.69, 9.17) is 16.5 Å². The van der Waals surface area contributed by atoms with Crippen molar-refractivity contribution in [2.24, 2.45) is 0 Å². The lowest BCUT2D eigenvalue weighted by Gasteiger charge is -2.22. The molecule has 0 spiro atoms. The maximum Gasteiger partial charge on any atom is 0.418 e. The van der Waals surface area contributed by atoms with Gasteiger partial charge in [0.05, 0.1) is 57.0 Å². The number of fused-ring (bicyclic) bond motifs is 6. The Morgan fingerprint density at radius 3 is 1.38 bits per heavy atom. The van der Waals surface area contributed by atoms with E-state index in [1.165, 1.54) is 6.07 Å². The van der Waals surface area contributed by atoms with E-state index >= 15 is 13.2 Å². The van der Waals surface area contributed by atoms with E-state index in [0.717, 1.165) is 77.3 Å². The number of hydrogen-bond acceptors (Lipinski definition) is 2. The van der Waals surface area contributed by atoms with Gasteiger partial charge in [-0.15, -0.1) is 0 Å². The summed E-state index contributed by atoms with van der Waals surface area (Å²) >= 11 is 0. The van der Waals surface area contributed by atoms with Crippen molar-refractivity contribution in [2.45, 2.75) is 6.18 Å². The Morgan fingerprint density at radius 2 is 0.853 bits per heavy atom. The molecule has 0 fully saturated rings. The first-order valence-electron chi connectivity index (χ1n) is 22.2. The lowest BCUT2D eigenvalue weighted by Crippen LogP contribution is -2.13. The van der Waals surface area contributed by atoms with Crippen LogP contribution >= 0.6 is 0 Å². The highest BCUT2D eigenvalue weighted by molar-refractivity contribution is 6.13. The van der Waals surface area contributed by atoms with Crippen molar-refractivity contribution in [3.05, 3.63) is 236 Å². The number of alkyl halides is 3. The highest BCUT2D eigenvalue weighted by Crippen LogP contribution is 2.46. The second-order valence-corrected chi connectivity index (χ2v) is 16.7. The SMILES string of the molecule is [C-]#[N+]c1cccc(-c2cc(-n3c4ccccc4c4cc(-c5cccnc5-c5ccccc5)ccc43)c(C(F)(F)F)cc2-n2c3ccccc3c3cc(-c4cccnc4-c4ccccc4)ccc32)c1. The van der Waals surface area contributed by atoms with Crippen LogP contribution in [0.5, 0.6) is 0 Å². The third-order valence-corrected chi connectivity index (χ3v) is 12.9. The third-order valence-electron chi connectivity index (χ3n) is 12.9. The molecule has 0 saturated heterocycles. The molecule has 0 atom stereocenters. The minimum absolute atomic E-state index is 0.0251. The minimum atomic E-state index is -4.78. The lowest BCUT2D eigenvalue weighted by molar-refractivity contribution is -0.137. The van der Waals surface area contributed by atoms with Crippen LogP contribution < -0.4 is 0 Å². The molecule has 0 bridgehead atoms. The Hall–Kier alpha value is -9.06. The fraction of sp³-hybridized carbons (Fsp3) is 0.0167. The molecule has 4 aromatic heterocycles. The van der Waals surface area contributed by atoms with E-state index in [1.807, 2.05) is 168 Å². The molecule has 8 aromatic carbocycles. The minimum Gasteiger partial charge on any atom is -0.309 e. The Labute approximate surface area is 389 Å². The number of hydrogen-bond donors (Lipinski definition) is 0. The van der Waals surface area contributed by atoms with Gasteiger partial charge in [-0.25, -0.2) is 4.85 Å². The molecular weight excluding hydrogens is 848 g/mol. The lowest BCUT2D eigenvalue weighted by atomic mass is 9.97. The number of pyridine rings is 2. The summed E-state index contributed by atoms with van der Waals surface area (Å²) in [7, 11) is 0. The third kappa shape index (κ3) is 6.71. The van der Waals surface area contributed by atoms with Crippen molar-refractivity contribution in [1.29, 1.82) is 0 Å². The Kier molecular flexibility index (Phi) is 9.59. The van der Waals surface area contributed by atoms with Crippen LogP contribution in [0, 0.1) is 6.57 Å². The number of para-hydroxylation sites is 2. The quantitative estimate of drug-likeness (QED) is 0.150. The van der Waals surface area contributed by atoms with Gasteiger partial charge in [0.2, 0.25) is 0 Å². The van der Waals surface area contributed by atoms with Gasteiger partial charge < -0.3 is 9.13 Å². The predicted molar refractivity (Wildman–Crippen MR) is 269 cm³/mol. The molecule has 0 unspecified atom stereocenters. The van der Waals surface area contributed by atoms with Crippen molar-refractivity contribution in [1.82, 2.24) is 19.1 Å². The van der Waals surface area contributed by atoms with Gasteiger partial charge in [-0.2, -0.15) is 13.2 Å². The molecule has 68 heavy (non-hydrogen) atoms. The molecule has 0 amide bonds. The summed E-state index contributed by atoms with van der Waals surface area (Å²) in [5.74, 6) is 0. The van der Waals surface area contributed by atoms with Crippen LogP contribution in [0.3, 0.4) is 0 Å². The number of rotatable bonds is 7. The summed E-state index contributed by atoms with van der Waals surface area (Å²) in [6.07, 6.45) is -1.23. The van der Waals surface area contributed by atoms with Crippen LogP contribution in [0.15, 0.2) is 219 Å². The van der Waals surface area contributed by atoms with Gasteiger partial charge in [-0.05, 0) is 83.4 Å². The van der Waals surface area contributed by atoms with Crippen molar-refractivity contribution >= 4 is 49.3 Å². The molecule has 4 heterocycles. The van der Waals surface area contributed by atoms with Gasteiger partial charge >= 0.3 is 6.18 Å². The first kappa shape index (κ1) is 40.4. The molecule has 5 nitrogen and oxygen atoms in total. The fourth-order valence-electron chi connectivity index (χ4n) is 9.88. The average molecular weight is 884 g/mol. The average Bonchev–Trinajstić information content (AvgIpc) is 3.90. The second-order valence-electron chi connectivity index (χ2n) is 16.7. The molecule has 0 saturated carbocycles. The summed E-state index contributed by atoms with van der Waals surface area (Å²) in [5.41, 5.74) is 11.0. The van der Waals surface area contributed by atoms with Crippen LogP contribution in [0.1, 0.15) is 5.56 Å². The first-order chi connectivity index (χ1) is 33.3.